The van der Waals surface area contributed by atoms with E-state index in [-0.39, 0.29) is 11.8 Å². The van der Waals surface area contributed by atoms with Crippen LogP contribution in [0.2, 0.25) is 0 Å². The van der Waals surface area contributed by atoms with Crippen molar-refractivity contribution in [3.63, 3.8) is 0 Å². The zero-order chi connectivity index (χ0) is 12.7. The number of benzene rings is 1. The second kappa shape index (κ2) is 4.10. The zero-order valence-electron chi connectivity index (χ0n) is 9.42. The summed E-state index contributed by atoms with van der Waals surface area (Å²) in [7, 11) is 0. The molecule has 0 radical (unpaired) electrons. The average molecular weight is 261 g/mol. The smallest absolute Gasteiger partial charge is 0.307 e. The minimum absolute atomic E-state index is 0.197. The summed E-state index contributed by atoms with van der Waals surface area (Å²) in [6.45, 7) is 0. The molecule has 1 saturated carbocycles. The quantitative estimate of drug-likeness (QED) is 0.892. The van der Waals surface area contributed by atoms with Crippen LogP contribution in [0.5, 0.6) is 0 Å². The molecule has 0 bridgehead atoms. The fraction of sp³-hybridized carbons (Fsp3) is 0.231. The first-order valence-corrected chi connectivity index (χ1v) is 6.54. The number of fused-ring (bicyclic) bond motifs is 1. The van der Waals surface area contributed by atoms with Crippen LogP contribution >= 0.6 is 11.3 Å². The summed E-state index contributed by atoms with van der Waals surface area (Å²) in [4.78, 5) is 22.5. The summed E-state index contributed by atoms with van der Waals surface area (Å²) >= 11 is 1.65. The SMILES string of the molecule is O=C(O)C1CC1C(=O)Nc1ccc2sccc2c1. The van der Waals surface area contributed by atoms with Gasteiger partial charge in [-0.15, -0.1) is 11.3 Å². The number of nitrogens with one attached hydrogen (secondary N) is 1. The van der Waals surface area contributed by atoms with Gasteiger partial charge in [-0.05, 0) is 41.5 Å². The Morgan fingerprint density at radius 1 is 1.28 bits per heavy atom. The van der Waals surface area contributed by atoms with E-state index in [1.165, 1.54) is 4.70 Å². The molecular weight excluding hydrogens is 250 g/mol. The van der Waals surface area contributed by atoms with E-state index in [1.807, 2.05) is 29.6 Å². The molecule has 5 heteroatoms. The van der Waals surface area contributed by atoms with Gasteiger partial charge < -0.3 is 10.4 Å². The average Bonchev–Trinajstić information content (AvgIpc) is 3.02. The maximum atomic E-state index is 11.8. The Balaban J connectivity index is 1.72. The highest BCUT2D eigenvalue weighted by molar-refractivity contribution is 7.17. The van der Waals surface area contributed by atoms with E-state index >= 15 is 0 Å². The van der Waals surface area contributed by atoms with Gasteiger partial charge in [-0.3, -0.25) is 9.59 Å². The second-order valence-electron chi connectivity index (χ2n) is 4.45. The lowest BCUT2D eigenvalue weighted by Gasteiger charge is -2.04. The lowest BCUT2D eigenvalue weighted by atomic mass is 10.2. The van der Waals surface area contributed by atoms with E-state index in [2.05, 4.69) is 5.32 Å². The number of aliphatic carboxylic acids is 1. The molecule has 2 unspecified atom stereocenters. The van der Waals surface area contributed by atoms with Gasteiger partial charge in [0.05, 0.1) is 11.8 Å². The molecule has 92 valence electrons. The molecule has 1 heterocycles. The maximum Gasteiger partial charge on any atom is 0.307 e. The molecule has 1 amide bonds. The van der Waals surface area contributed by atoms with Crippen molar-refractivity contribution < 1.29 is 14.7 Å². The number of carboxylic acid groups (broad SMARTS) is 1. The number of carboxylic acids is 1. The summed E-state index contributed by atoms with van der Waals surface area (Å²) in [6.07, 6.45) is 0.446. The highest BCUT2D eigenvalue weighted by atomic mass is 32.1. The maximum absolute atomic E-state index is 11.8. The number of hydrogen-bond donors (Lipinski definition) is 2. The van der Waals surface area contributed by atoms with Crippen LogP contribution in [0.25, 0.3) is 10.1 Å². The van der Waals surface area contributed by atoms with Crippen LogP contribution in [0.15, 0.2) is 29.6 Å². The minimum atomic E-state index is -0.886. The van der Waals surface area contributed by atoms with Crippen LogP contribution in [0.1, 0.15) is 6.42 Å². The molecule has 4 nitrogen and oxygen atoms in total. The van der Waals surface area contributed by atoms with Gasteiger partial charge in [-0.2, -0.15) is 0 Å². The van der Waals surface area contributed by atoms with E-state index in [9.17, 15) is 9.59 Å². The summed E-state index contributed by atoms with van der Waals surface area (Å²) in [6, 6.07) is 7.70. The third kappa shape index (κ3) is 1.97. The van der Waals surface area contributed by atoms with Crippen molar-refractivity contribution >= 4 is 39.0 Å². The Morgan fingerprint density at radius 2 is 2.11 bits per heavy atom. The molecular formula is C13H11NO3S. The van der Waals surface area contributed by atoms with Gasteiger partial charge in [0.2, 0.25) is 5.91 Å². The van der Waals surface area contributed by atoms with Crippen LogP contribution in [-0.2, 0) is 9.59 Å². The first-order chi connectivity index (χ1) is 8.65. The Hall–Kier alpha value is -1.88. The van der Waals surface area contributed by atoms with E-state index in [0.717, 1.165) is 11.1 Å². The fourth-order valence-electron chi connectivity index (χ4n) is 2.04. The van der Waals surface area contributed by atoms with Gasteiger partial charge in [0.1, 0.15) is 0 Å². The summed E-state index contributed by atoms with van der Waals surface area (Å²) in [5.74, 6) is -1.96. The molecule has 0 saturated heterocycles. The molecule has 0 aliphatic heterocycles. The highest BCUT2D eigenvalue weighted by Crippen LogP contribution is 2.39. The lowest BCUT2D eigenvalue weighted by Crippen LogP contribution is -2.16. The van der Waals surface area contributed by atoms with Gasteiger partial charge in [0, 0.05) is 10.4 Å². The molecule has 1 aliphatic carbocycles. The molecule has 0 spiro atoms. The van der Waals surface area contributed by atoms with Gasteiger partial charge >= 0.3 is 5.97 Å². The Labute approximate surface area is 107 Å². The van der Waals surface area contributed by atoms with Gasteiger partial charge in [0.25, 0.3) is 0 Å². The molecule has 1 aromatic carbocycles. The zero-order valence-corrected chi connectivity index (χ0v) is 10.2. The molecule has 2 atom stereocenters. The summed E-state index contributed by atoms with van der Waals surface area (Å²) in [5.41, 5.74) is 0.724. The minimum Gasteiger partial charge on any atom is -0.481 e. The van der Waals surface area contributed by atoms with Crippen molar-refractivity contribution in [2.75, 3.05) is 5.32 Å². The number of thiophene rings is 1. The van der Waals surface area contributed by atoms with Crippen molar-refractivity contribution in [2.45, 2.75) is 6.42 Å². The third-order valence-corrected chi connectivity index (χ3v) is 4.06. The molecule has 3 rings (SSSR count). The normalized spacial score (nSPS) is 21.8. The van der Waals surface area contributed by atoms with E-state index < -0.39 is 11.9 Å². The van der Waals surface area contributed by atoms with Gasteiger partial charge in [-0.1, -0.05) is 0 Å². The number of carbonyl (C=O) groups is 2. The highest BCUT2D eigenvalue weighted by Gasteiger charge is 2.48. The van der Waals surface area contributed by atoms with Crippen LogP contribution < -0.4 is 5.32 Å². The van der Waals surface area contributed by atoms with Crippen LogP contribution in [0, 0.1) is 11.8 Å². The van der Waals surface area contributed by atoms with Crippen molar-refractivity contribution in [1.29, 1.82) is 0 Å². The van der Waals surface area contributed by atoms with E-state index in [0.29, 0.717) is 6.42 Å². The van der Waals surface area contributed by atoms with Crippen LogP contribution in [0.4, 0.5) is 5.69 Å². The topological polar surface area (TPSA) is 66.4 Å². The molecule has 1 aromatic heterocycles. The van der Waals surface area contributed by atoms with Crippen molar-refractivity contribution in [1.82, 2.24) is 0 Å². The fourth-order valence-corrected chi connectivity index (χ4v) is 2.81. The number of hydrogen-bond acceptors (Lipinski definition) is 3. The summed E-state index contributed by atoms with van der Waals surface area (Å²) in [5, 5.41) is 14.6. The standard InChI is InChI=1S/C13H11NO3S/c15-12(9-6-10(9)13(16)17)14-8-1-2-11-7(5-8)3-4-18-11/h1-5,9-10H,6H2,(H,14,15)(H,16,17). The lowest BCUT2D eigenvalue weighted by molar-refractivity contribution is -0.139. The Kier molecular flexibility index (Phi) is 2.56. The molecule has 1 fully saturated rings. The van der Waals surface area contributed by atoms with Gasteiger partial charge in [-0.25, -0.2) is 0 Å². The largest absolute Gasteiger partial charge is 0.481 e. The second-order valence-corrected chi connectivity index (χ2v) is 5.40. The van der Waals surface area contributed by atoms with Crippen LogP contribution in [0.3, 0.4) is 0 Å². The molecule has 2 N–H and O–H groups in total. The molecule has 18 heavy (non-hydrogen) atoms. The van der Waals surface area contributed by atoms with Crippen LogP contribution in [-0.4, -0.2) is 17.0 Å². The van der Waals surface area contributed by atoms with E-state index in [1.54, 1.807) is 11.3 Å². The monoisotopic (exact) mass is 261 g/mol. The molecule has 2 aromatic rings. The summed E-state index contributed by atoms with van der Waals surface area (Å²) < 4.78 is 1.17. The first kappa shape index (κ1) is 11.2. The van der Waals surface area contributed by atoms with Crippen molar-refractivity contribution in [2.24, 2.45) is 11.8 Å². The number of amides is 1. The Morgan fingerprint density at radius 3 is 2.83 bits per heavy atom. The Bertz CT molecular complexity index is 634. The predicted octanol–water partition coefficient (Wildman–Crippen LogP) is 2.56. The number of rotatable bonds is 3. The predicted molar refractivity (Wildman–Crippen MR) is 69.7 cm³/mol. The molecule has 1 aliphatic rings. The van der Waals surface area contributed by atoms with E-state index in [4.69, 9.17) is 5.11 Å². The van der Waals surface area contributed by atoms with Crippen molar-refractivity contribution in [3.8, 4) is 0 Å². The van der Waals surface area contributed by atoms with Crippen molar-refractivity contribution in [3.05, 3.63) is 29.6 Å². The third-order valence-electron chi connectivity index (χ3n) is 3.16. The number of carbonyl (C=O) groups excluding carboxylic acids is 1. The number of anilines is 1. The van der Waals surface area contributed by atoms with Gasteiger partial charge in [0.15, 0.2) is 0 Å². The first-order valence-electron chi connectivity index (χ1n) is 5.66.